The van der Waals surface area contributed by atoms with Crippen molar-refractivity contribution in [3.8, 4) is 5.75 Å². The normalized spacial score (nSPS) is 22.1. The van der Waals surface area contributed by atoms with Crippen molar-refractivity contribution in [2.24, 2.45) is 5.73 Å². The van der Waals surface area contributed by atoms with Crippen molar-refractivity contribution in [1.82, 2.24) is 40.5 Å². The molecular formula is C50H55ClF3N10O12P. The van der Waals surface area contributed by atoms with E-state index in [-0.39, 0.29) is 96.3 Å². The van der Waals surface area contributed by atoms with E-state index in [1.165, 1.54) is 23.1 Å². The average molecular weight is 1110 g/mol. The number of aromatic amines is 1. The van der Waals surface area contributed by atoms with Crippen LogP contribution in [-0.2, 0) is 40.7 Å². The number of anilines is 1. The maximum Gasteiger partial charge on any atom is 0.399 e. The number of hydrogen-bond acceptors (Lipinski definition) is 13. The maximum absolute atomic E-state index is 16.0. The molecule has 22 nitrogen and oxygen atoms in total. The number of fused-ring (bicyclic) bond motifs is 3. The number of nitrogens with one attached hydrogen (secondary N) is 4. The Labute approximate surface area is 442 Å². The highest BCUT2D eigenvalue weighted by Gasteiger charge is 2.51. The number of imide groups is 2. The van der Waals surface area contributed by atoms with Gasteiger partial charge >= 0.3 is 13.3 Å². The van der Waals surface area contributed by atoms with Crippen LogP contribution in [0.4, 0.5) is 18.9 Å². The number of piperidine rings is 1. The van der Waals surface area contributed by atoms with Gasteiger partial charge in [0, 0.05) is 80.2 Å². The van der Waals surface area contributed by atoms with Crippen LogP contribution < -0.4 is 31.3 Å². The first-order valence-corrected chi connectivity index (χ1v) is 26.9. The Bertz CT molecular complexity index is 3130. The average Bonchev–Trinajstić information content (AvgIpc) is 4.11. The Morgan fingerprint density at radius 2 is 1.71 bits per heavy atom. The number of rotatable bonds is 16. The molecule has 27 heteroatoms. The topological polar surface area (TPSA) is 297 Å². The van der Waals surface area contributed by atoms with E-state index in [9.17, 15) is 61.5 Å². The van der Waals surface area contributed by atoms with Crippen molar-refractivity contribution in [2.45, 2.75) is 87.4 Å². The molecule has 77 heavy (non-hydrogen) atoms. The first-order valence-electron chi connectivity index (χ1n) is 24.9. The summed E-state index contributed by atoms with van der Waals surface area (Å²) in [5, 5.41) is 8.11. The summed E-state index contributed by atoms with van der Waals surface area (Å²) in [6.45, 7) is 2.32. The minimum Gasteiger partial charge on any atom is -0.490 e. The van der Waals surface area contributed by atoms with Gasteiger partial charge in [0.25, 0.3) is 17.7 Å². The molecule has 4 aromatic rings. The van der Waals surface area contributed by atoms with Crippen LogP contribution in [0.3, 0.4) is 0 Å². The lowest BCUT2D eigenvalue weighted by atomic mass is 10.0. The third kappa shape index (κ3) is 11.1. The van der Waals surface area contributed by atoms with E-state index >= 15 is 4.39 Å². The molecule has 4 saturated heterocycles. The first kappa shape index (κ1) is 54.9. The molecule has 3 aromatic carbocycles. The molecule has 5 aliphatic heterocycles. The molecule has 0 radical (unpaired) electrons. The van der Waals surface area contributed by atoms with Crippen molar-refractivity contribution < 1.29 is 70.6 Å². The number of alkyl halides is 2. The number of aromatic nitrogens is 1. The van der Waals surface area contributed by atoms with Crippen LogP contribution in [0.5, 0.6) is 5.75 Å². The molecule has 0 bridgehead atoms. The Morgan fingerprint density at radius 1 is 0.961 bits per heavy atom. The summed E-state index contributed by atoms with van der Waals surface area (Å²) in [7, 11) is -4.09. The summed E-state index contributed by atoms with van der Waals surface area (Å²) in [5.41, 5.74) is 0.448. The Kier molecular flexibility index (Phi) is 15.6. The van der Waals surface area contributed by atoms with Crippen molar-refractivity contribution in [1.29, 1.82) is 0 Å². The van der Waals surface area contributed by atoms with Crippen LogP contribution in [0.1, 0.15) is 87.3 Å². The van der Waals surface area contributed by atoms with E-state index in [4.69, 9.17) is 22.1 Å². The number of hydrogen-bond donors (Lipinski definition) is 7. The number of piperazine rings is 1. The van der Waals surface area contributed by atoms with Crippen LogP contribution in [0.15, 0.2) is 54.6 Å². The fourth-order valence-corrected chi connectivity index (χ4v) is 11.4. The fraction of sp³-hybridized carbons (Fsp3) is 0.440. The molecule has 0 spiro atoms. The molecule has 5 aliphatic rings. The molecule has 8 N–H and O–H groups in total. The Hall–Kier alpha value is -6.89. The standard InChI is InChI=1S/C50H55ClF3N10O12P/c1-60-16-15-30-8-11-36(63(30)48(71)34(24-60)58-44(67)33-22-27-21-28(6-10-32(27)57-33)50(53,54)77(73,74)75)45(68)56-29(7-13-39(55)65)25-76-38-4-2-3-35(42(38)51)62-19-17-61(18-20-62)23-26-5-9-31-41(43(26)52)49(72)64(47(31)70)37-12-14-40(66)59-46(37)69/h2-6,9-10,21-22,29-30,34,36-37,57H,7-8,11-20,23-25H2,1H3,(H2,55,65)(H,56,68)(H,58,67)(H,59,66,69)(H2,73,74,75)/t29-,30+,34-,36-,37?/m0/s1. The van der Waals surface area contributed by atoms with Crippen LogP contribution in [0.2, 0.25) is 5.02 Å². The van der Waals surface area contributed by atoms with E-state index in [1.54, 1.807) is 25.2 Å². The van der Waals surface area contributed by atoms with Crippen molar-refractivity contribution in [3.05, 3.63) is 93.4 Å². The number of amides is 8. The zero-order valence-electron chi connectivity index (χ0n) is 41.4. The molecule has 4 fully saturated rings. The first-order chi connectivity index (χ1) is 36.5. The quantitative estimate of drug-likeness (QED) is 0.0627. The summed E-state index contributed by atoms with van der Waals surface area (Å²) in [5.74, 6) is -6.09. The van der Waals surface area contributed by atoms with Gasteiger partial charge in [-0.25, -0.2) is 4.39 Å². The van der Waals surface area contributed by atoms with Gasteiger partial charge in [-0.1, -0.05) is 29.8 Å². The van der Waals surface area contributed by atoms with Crippen LogP contribution in [0.25, 0.3) is 10.9 Å². The molecule has 6 heterocycles. The summed E-state index contributed by atoms with van der Waals surface area (Å²) in [6.07, 6.45) is 1.12. The van der Waals surface area contributed by atoms with Gasteiger partial charge in [0.2, 0.25) is 29.5 Å². The zero-order chi connectivity index (χ0) is 55.2. The summed E-state index contributed by atoms with van der Waals surface area (Å²) >= 11 is 6.96. The Morgan fingerprint density at radius 3 is 2.43 bits per heavy atom. The number of H-pyrrole nitrogens is 1. The van der Waals surface area contributed by atoms with Gasteiger partial charge in [-0.2, -0.15) is 8.78 Å². The van der Waals surface area contributed by atoms with Crippen LogP contribution in [0, 0.1) is 5.82 Å². The number of carbonyl (C=O) groups excluding carboxylic acids is 8. The van der Waals surface area contributed by atoms with E-state index in [1.807, 2.05) is 14.7 Å². The minimum atomic E-state index is -5.86. The number of halogens is 4. The number of likely N-dealkylation sites (N-methyl/N-ethyl adjacent to an activating group) is 1. The third-order valence-electron chi connectivity index (χ3n) is 14.8. The number of benzene rings is 3. The SMILES string of the molecule is CN1CC[C@H]2CC[C@@H](C(=O)N[C@@H](CCC(N)=O)COc3cccc(N4CCN(Cc5ccc6c(c5F)C(=O)N(C5CCC(=O)NC5=O)C6=O)CC4)c3Cl)N2C(=O)[C@@H](NC(=O)c2cc3cc(C(F)(F)P(=O)(O)O)ccc3[nH]2)C1. The number of primary amides is 1. The predicted molar refractivity (Wildman–Crippen MR) is 269 cm³/mol. The van der Waals surface area contributed by atoms with Gasteiger partial charge in [-0.15, -0.1) is 0 Å². The largest absolute Gasteiger partial charge is 0.490 e. The highest BCUT2D eigenvalue weighted by atomic mass is 35.5. The molecule has 1 aromatic heterocycles. The molecule has 8 amide bonds. The minimum absolute atomic E-state index is 0.0590. The second-order valence-electron chi connectivity index (χ2n) is 19.9. The van der Waals surface area contributed by atoms with Crippen molar-refractivity contribution >= 4 is 83.0 Å². The smallest absolute Gasteiger partial charge is 0.399 e. The van der Waals surface area contributed by atoms with Gasteiger partial charge in [0.05, 0.1) is 22.9 Å². The monoisotopic (exact) mass is 1110 g/mol. The second kappa shape index (κ2) is 21.9. The van der Waals surface area contributed by atoms with Gasteiger partial charge < -0.3 is 50.6 Å². The zero-order valence-corrected chi connectivity index (χ0v) is 43.1. The lowest BCUT2D eigenvalue weighted by Crippen LogP contribution is -2.60. The summed E-state index contributed by atoms with van der Waals surface area (Å²) < 4.78 is 62.7. The molecule has 9 rings (SSSR count). The van der Waals surface area contributed by atoms with Crippen molar-refractivity contribution in [3.63, 3.8) is 0 Å². The lowest BCUT2D eigenvalue weighted by Gasteiger charge is -2.38. The van der Waals surface area contributed by atoms with Crippen LogP contribution >= 0.6 is 19.2 Å². The van der Waals surface area contributed by atoms with Crippen molar-refractivity contribution in [2.75, 3.05) is 57.8 Å². The molecular weight excluding hydrogens is 1060 g/mol. The molecule has 5 atom stereocenters. The maximum atomic E-state index is 16.0. The molecule has 0 saturated carbocycles. The second-order valence-corrected chi connectivity index (χ2v) is 21.9. The highest BCUT2D eigenvalue weighted by Crippen LogP contribution is 2.59. The van der Waals surface area contributed by atoms with E-state index in [2.05, 4.69) is 20.9 Å². The number of nitrogens with zero attached hydrogens (tertiary/aromatic N) is 5. The van der Waals surface area contributed by atoms with Gasteiger partial charge in [0.1, 0.15) is 47.0 Å². The molecule has 0 aliphatic carbocycles. The lowest BCUT2D eigenvalue weighted by molar-refractivity contribution is -0.143. The fourth-order valence-electron chi connectivity index (χ4n) is 10.7. The number of nitrogens with two attached hydrogens (primary N) is 1. The van der Waals surface area contributed by atoms with Gasteiger partial charge in [-0.3, -0.25) is 58.0 Å². The Balaban J connectivity index is 0.824. The van der Waals surface area contributed by atoms with E-state index < -0.39 is 102 Å². The summed E-state index contributed by atoms with van der Waals surface area (Å²) in [4.78, 5) is 134. The van der Waals surface area contributed by atoms with Gasteiger partial charge in [-0.05, 0) is 82.1 Å². The van der Waals surface area contributed by atoms with Crippen LogP contribution in [-0.4, -0.2) is 165 Å². The van der Waals surface area contributed by atoms with Gasteiger partial charge in [0.15, 0.2) is 0 Å². The third-order valence-corrected chi connectivity index (χ3v) is 16.2. The highest BCUT2D eigenvalue weighted by molar-refractivity contribution is 7.52. The number of carbonyl (C=O) groups is 8. The summed E-state index contributed by atoms with van der Waals surface area (Å²) in [6, 6.07) is 7.55. The number of ether oxygens (including phenoxy) is 1. The predicted octanol–water partition coefficient (Wildman–Crippen LogP) is 2.53. The molecule has 410 valence electrons. The van der Waals surface area contributed by atoms with E-state index in [0.717, 1.165) is 23.1 Å². The molecule has 1 unspecified atom stereocenters. The van der Waals surface area contributed by atoms with E-state index in [0.29, 0.717) is 51.3 Å².